The van der Waals surface area contributed by atoms with Crippen LogP contribution in [0.3, 0.4) is 0 Å². The highest BCUT2D eigenvalue weighted by atomic mass is 19.1. The average Bonchev–Trinajstić information content (AvgIpc) is 3.36. The number of aromatic nitrogens is 3. The number of halogens is 2. The van der Waals surface area contributed by atoms with Crippen molar-refractivity contribution in [3.63, 3.8) is 0 Å². The Bertz CT molecular complexity index is 988. The summed E-state index contributed by atoms with van der Waals surface area (Å²) in [6, 6.07) is 5.25. The fourth-order valence-corrected chi connectivity index (χ4v) is 2.99. The van der Waals surface area contributed by atoms with Gasteiger partial charge in [0.2, 0.25) is 0 Å². The summed E-state index contributed by atoms with van der Waals surface area (Å²) >= 11 is 0. The Morgan fingerprint density at radius 3 is 2.58 bits per heavy atom. The molecule has 0 unspecified atom stereocenters. The monoisotopic (exact) mass is 356 g/mol. The minimum atomic E-state index is -0.816. The summed E-state index contributed by atoms with van der Waals surface area (Å²) in [5.41, 5.74) is 1.31. The van der Waals surface area contributed by atoms with Crippen LogP contribution in [-0.4, -0.2) is 20.7 Å². The third-order valence-electron chi connectivity index (χ3n) is 4.52. The van der Waals surface area contributed by atoms with E-state index in [2.05, 4.69) is 15.4 Å². The van der Waals surface area contributed by atoms with E-state index in [9.17, 15) is 13.6 Å². The molecule has 0 spiro atoms. The van der Waals surface area contributed by atoms with Crippen molar-refractivity contribution in [2.45, 2.75) is 38.6 Å². The average molecular weight is 356 g/mol. The number of nitrogens with one attached hydrogen (secondary N) is 1. The highest BCUT2D eigenvalue weighted by Gasteiger charge is 2.28. The van der Waals surface area contributed by atoms with E-state index in [1.807, 2.05) is 13.8 Å². The largest absolute Gasteiger partial charge is 0.317 e. The molecule has 0 atom stereocenters. The van der Waals surface area contributed by atoms with Crippen molar-refractivity contribution in [2.24, 2.45) is 0 Å². The first-order chi connectivity index (χ1) is 12.5. The summed E-state index contributed by atoms with van der Waals surface area (Å²) in [7, 11) is 0. The summed E-state index contributed by atoms with van der Waals surface area (Å²) in [4.78, 5) is 17.5. The molecule has 1 saturated carbocycles. The number of amides is 1. The van der Waals surface area contributed by atoms with E-state index in [1.165, 1.54) is 6.07 Å². The maximum absolute atomic E-state index is 13.9. The number of benzene rings is 1. The van der Waals surface area contributed by atoms with Gasteiger partial charge in [0.25, 0.3) is 5.91 Å². The number of nitrogens with zero attached hydrogens (tertiary/aromatic N) is 3. The molecular weight excluding hydrogens is 338 g/mol. The lowest BCUT2D eigenvalue weighted by molar-refractivity contribution is 0.102. The van der Waals surface area contributed by atoms with Crippen molar-refractivity contribution in [3.05, 3.63) is 53.4 Å². The Balaban J connectivity index is 1.81. The summed E-state index contributed by atoms with van der Waals surface area (Å²) in [6.45, 7) is 3.96. The number of hydrogen-bond acceptors (Lipinski definition) is 3. The van der Waals surface area contributed by atoms with E-state index in [-0.39, 0.29) is 6.04 Å². The van der Waals surface area contributed by atoms with Gasteiger partial charge in [0.05, 0.1) is 17.1 Å². The molecule has 1 N–H and O–H groups in total. The summed E-state index contributed by atoms with van der Waals surface area (Å²) in [5.74, 6) is -1.88. The van der Waals surface area contributed by atoms with Gasteiger partial charge in [-0.3, -0.25) is 4.79 Å². The lowest BCUT2D eigenvalue weighted by atomic mass is 10.1. The van der Waals surface area contributed by atoms with Crippen LogP contribution in [0.15, 0.2) is 30.5 Å². The van der Waals surface area contributed by atoms with Crippen LogP contribution in [0.2, 0.25) is 0 Å². The van der Waals surface area contributed by atoms with Gasteiger partial charge >= 0.3 is 0 Å². The normalized spacial score (nSPS) is 14.2. The molecule has 3 aromatic rings. The lowest BCUT2D eigenvalue weighted by Crippen LogP contribution is -2.16. The van der Waals surface area contributed by atoms with Gasteiger partial charge in [0.1, 0.15) is 17.3 Å². The predicted molar refractivity (Wildman–Crippen MR) is 94.2 cm³/mol. The number of para-hydroxylation sites is 1. The van der Waals surface area contributed by atoms with Gasteiger partial charge in [-0.1, -0.05) is 6.07 Å². The van der Waals surface area contributed by atoms with Crippen molar-refractivity contribution in [2.75, 3.05) is 5.32 Å². The SMILES string of the molecule is CC(C)n1ncc2c(C(=O)Nc3c(F)cccc3F)cc(C3CC3)nc21. The van der Waals surface area contributed by atoms with Crippen molar-refractivity contribution in [1.29, 1.82) is 0 Å². The molecule has 1 aliphatic carbocycles. The third-order valence-corrected chi connectivity index (χ3v) is 4.52. The zero-order valence-corrected chi connectivity index (χ0v) is 14.5. The first kappa shape index (κ1) is 16.6. The number of carbonyl (C=O) groups excluding carboxylic acids is 1. The van der Waals surface area contributed by atoms with Gasteiger partial charge in [0, 0.05) is 17.7 Å². The van der Waals surface area contributed by atoms with E-state index in [1.54, 1.807) is 16.9 Å². The maximum atomic E-state index is 13.9. The zero-order chi connectivity index (χ0) is 18.4. The summed E-state index contributed by atoms with van der Waals surface area (Å²) in [6.07, 6.45) is 3.63. The van der Waals surface area contributed by atoms with Crippen LogP contribution in [0.5, 0.6) is 0 Å². The number of rotatable bonds is 4. The molecule has 1 amide bonds. The molecule has 2 heterocycles. The molecule has 0 bridgehead atoms. The molecule has 7 heteroatoms. The first-order valence-electron chi connectivity index (χ1n) is 8.59. The predicted octanol–water partition coefficient (Wildman–Crippen LogP) is 4.42. The van der Waals surface area contributed by atoms with Gasteiger partial charge in [-0.25, -0.2) is 18.4 Å². The fraction of sp³-hybridized carbons (Fsp3) is 0.316. The van der Waals surface area contributed by atoms with Crippen LogP contribution >= 0.6 is 0 Å². The molecule has 1 aromatic carbocycles. The molecule has 5 nitrogen and oxygen atoms in total. The molecule has 0 saturated heterocycles. The molecule has 0 radical (unpaired) electrons. The topological polar surface area (TPSA) is 59.8 Å². The second-order valence-electron chi connectivity index (χ2n) is 6.84. The van der Waals surface area contributed by atoms with Gasteiger partial charge in [-0.15, -0.1) is 0 Å². The maximum Gasteiger partial charge on any atom is 0.256 e. The second-order valence-corrected chi connectivity index (χ2v) is 6.84. The van der Waals surface area contributed by atoms with Crippen LogP contribution < -0.4 is 5.32 Å². The van der Waals surface area contributed by atoms with Gasteiger partial charge < -0.3 is 5.32 Å². The zero-order valence-electron chi connectivity index (χ0n) is 14.5. The Morgan fingerprint density at radius 2 is 1.96 bits per heavy atom. The lowest BCUT2D eigenvalue weighted by Gasteiger charge is -2.11. The van der Waals surface area contributed by atoms with E-state index in [0.29, 0.717) is 22.5 Å². The van der Waals surface area contributed by atoms with Gasteiger partial charge in [-0.2, -0.15) is 5.10 Å². The van der Waals surface area contributed by atoms with Crippen LogP contribution in [0, 0.1) is 11.6 Å². The Kier molecular flexibility index (Phi) is 3.94. The number of fused-ring (bicyclic) bond motifs is 1. The van der Waals surface area contributed by atoms with Crippen molar-refractivity contribution >= 4 is 22.6 Å². The Hall–Kier alpha value is -2.83. The standard InChI is InChI=1S/C19H18F2N4O/c1-10(2)25-18-13(9-22-25)12(8-16(23-18)11-6-7-11)19(26)24-17-14(20)4-3-5-15(17)21/h3-5,8-11H,6-7H2,1-2H3,(H,24,26). The molecular formula is C19H18F2N4O. The molecule has 1 aliphatic rings. The first-order valence-corrected chi connectivity index (χ1v) is 8.59. The number of pyridine rings is 1. The minimum Gasteiger partial charge on any atom is -0.317 e. The van der Waals surface area contributed by atoms with Gasteiger partial charge in [-0.05, 0) is 44.9 Å². The molecule has 0 aliphatic heterocycles. The Morgan fingerprint density at radius 1 is 1.27 bits per heavy atom. The van der Waals surface area contributed by atoms with E-state index in [4.69, 9.17) is 0 Å². The smallest absolute Gasteiger partial charge is 0.256 e. The number of anilines is 1. The van der Waals surface area contributed by atoms with Gasteiger partial charge in [0.15, 0.2) is 5.65 Å². The van der Waals surface area contributed by atoms with E-state index < -0.39 is 23.2 Å². The van der Waals surface area contributed by atoms with E-state index in [0.717, 1.165) is 30.7 Å². The van der Waals surface area contributed by atoms with E-state index >= 15 is 0 Å². The number of hydrogen-bond donors (Lipinski definition) is 1. The molecule has 2 aromatic heterocycles. The van der Waals surface area contributed by atoms with Crippen molar-refractivity contribution < 1.29 is 13.6 Å². The highest BCUT2D eigenvalue weighted by Crippen LogP contribution is 2.40. The quantitative estimate of drug-likeness (QED) is 0.753. The summed E-state index contributed by atoms with van der Waals surface area (Å²) in [5, 5.41) is 7.25. The number of carbonyl (C=O) groups is 1. The van der Waals surface area contributed by atoms with Crippen molar-refractivity contribution in [3.8, 4) is 0 Å². The second kappa shape index (κ2) is 6.16. The van der Waals surface area contributed by atoms with Crippen molar-refractivity contribution in [1.82, 2.24) is 14.8 Å². The van der Waals surface area contributed by atoms with Crippen LogP contribution in [-0.2, 0) is 0 Å². The Labute approximate surface area is 149 Å². The fourth-order valence-electron chi connectivity index (χ4n) is 2.99. The minimum absolute atomic E-state index is 0.0781. The molecule has 4 rings (SSSR count). The van der Waals surface area contributed by atoms with Crippen LogP contribution in [0.4, 0.5) is 14.5 Å². The molecule has 26 heavy (non-hydrogen) atoms. The summed E-state index contributed by atoms with van der Waals surface area (Å²) < 4.78 is 29.5. The van der Waals surface area contributed by atoms with Crippen LogP contribution in [0.1, 0.15) is 54.7 Å². The van der Waals surface area contributed by atoms with Crippen LogP contribution in [0.25, 0.3) is 11.0 Å². The highest BCUT2D eigenvalue weighted by molar-refractivity contribution is 6.12. The molecule has 1 fully saturated rings. The molecule has 134 valence electrons. The third kappa shape index (κ3) is 2.83.